The van der Waals surface area contributed by atoms with E-state index in [1.54, 1.807) is 17.7 Å². The van der Waals surface area contributed by atoms with E-state index >= 15 is 0 Å². The van der Waals surface area contributed by atoms with Crippen molar-refractivity contribution in [2.24, 2.45) is 0 Å². The number of rotatable bonds is 9. The minimum Gasteiger partial charge on any atom is -0.496 e. The Morgan fingerprint density at radius 3 is 2.55 bits per heavy atom. The maximum absolute atomic E-state index is 13.4. The highest BCUT2D eigenvalue weighted by atomic mass is 16.5. The van der Waals surface area contributed by atoms with Gasteiger partial charge in [0.25, 0.3) is 5.56 Å². The summed E-state index contributed by atoms with van der Waals surface area (Å²) in [5.41, 5.74) is 1.35. The zero-order valence-corrected chi connectivity index (χ0v) is 18.5. The van der Waals surface area contributed by atoms with E-state index in [2.05, 4.69) is 11.8 Å². The highest BCUT2D eigenvalue weighted by Gasteiger charge is 2.16. The van der Waals surface area contributed by atoms with Crippen LogP contribution in [0, 0.1) is 0 Å². The molecule has 2 aromatic carbocycles. The first kappa shape index (κ1) is 21.4. The van der Waals surface area contributed by atoms with Crippen LogP contribution in [0.15, 0.2) is 47.3 Å². The van der Waals surface area contributed by atoms with Gasteiger partial charge in [-0.15, -0.1) is 0 Å². The van der Waals surface area contributed by atoms with Gasteiger partial charge in [-0.3, -0.25) is 9.36 Å². The third-order valence-electron chi connectivity index (χ3n) is 5.80. The van der Waals surface area contributed by atoms with Crippen molar-refractivity contribution in [2.75, 3.05) is 33.4 Å². The predicted octanol–water partition coefficient (Wildman–Crippen LogP) is 4.21. The molecule has 0 saturated carbocycles. The Balaban J connectivity index is 1.56. The number of methoxy groups -OCH3 is 1. The second-order valence-electron chi connectivity index (χ2n) is 8.02. The quantitative estimate of drug-likeness (QED) is 0.485. The number of hydrogen-bond donors (Lipinski definition) is 0. The molecule has 1 saturated heterocycles. The predicted molar refractivity (Wildman–Crippen MR) is 124 cm³/mol. The molecule has 164 valence electrons. The number of likely N-dealkylation sites (tertiary alicyclic amines) is 1. The third kappa shape index (κ3) is 4.74. The molecule has 0 bridgehead atoms. The smallest absolute Gasteiger partial charge is 0.269 e. The zero-order valence-electron chi connectivity index (χ0n) is 18.5. The number of hydrogen-bond acceptors (Lipinski definition) is 5. The Bertz CT molecular complexity index is 1070. The molecule has 31 heavy (non-hydrogen) atoms. The lowest BCUT2D eigenvalue weighted by molar-refractivity contribution is 0.263. The Hall–Kier alpha value is -2.86. The molecule has 0 amide bonds. The van der Waals surface area contributed by atoms with Crippen LogP contribution in [0.2, 0.25) is 0 Å². The maximum atomic E-state index is 13.4. The van der Waals surface area contributed by atoms with Gasteiger partial charge < -0.3 is 14.4 Å². The molecule has 1 aliphatic heterocycles. The van der Waals surface area contributed by atoms with E-state index < -0.39 is 0 Å². The summed E-state index contributed by atoms with van der Waals surface area (Å²) >= 11 is 0. The average Bonchev–Trinajstić information content (AvgIpc) is 3.31. The van der Waals surface area contributed by atoms with Crippen molar-refractivity contribution in [1.29, 1.82) is 0 Å². The van der Waals surface area contributed by atoms with Crippen molar-refractivity contribution in [2.45, 2.75) is 39.0 Å². The number of aryl methyl sites for hydroxylation is 1. The fourth-order valence-corrected chi connectivity index (χ4v) is 4.25. The van der Waals surface area contributed by atoms with Gasteiger partial charge in [0.2, 0.25) is 0 Å². The van der Waals surface area contributed by atoms with Crippen molar-refractivity contribution in [3.8, 4) is 17.2 Å². The zero-order chi connectivity index (χ0) is 21.6. The minimum atomic E-state index is -0.106. The van der Waals surface area contributed by atoms with Crippen LogP contribution in [-0.4, -0.2) is 47.8 Å². The summed E-state index contributed by atoms with van der Waals surface area (Å²) in [6.07, 6.45) is 5.28. The van der Waals surface area contributed by atoms with Crippen LogP contribution >= 0.6 is 0 Å². The summed E-state index contributed by atoms with van der Waals surface area (Å²) in [6.45, 7) is 6.32. The van der Waals surface area contributed by atoms with Crippen LogP contribution in [0.25, 0.3) is 16.6 Å². The monoisotopic (exact) mass is 421 g/mol. The summed E-state index contributed by atoms with van der Waals surface area (Å²) in [4.78, 5) is 20.7. The summed E-state index contributed by atoms with van der Waals surface area (Å²) in [5, 5.41) is 0.507. The molecule has 1 aliphatic rings. The number of fused-ring (bicyclic) bond motifs is 1. The third-order valence-corrected chi connectivity index (χ3v) is 5.80. The lowest BCUT2D eigenvalue weighted by atomic mass is 10.2. The molecular formula is C25H31N3O3. The molecule has 6 heteroatoms. The van der Waals surface area contributed by atoms with Gasteiger partial charge >= 0.3 is 0 Å². The molecule has 0 spiro atoms. The first-order valence-corrected chi connectivity index (χ1v) is 11.3. The summed E-state index contributed by atoms with van der Waals surface area (Å²) in [6, 6.07) is 13.2. The summed E-state index contributed by atoms with van der Waals surface area (Å²) < 4.78 is 13.1. The van der Waals surface area contributed by atoms with Gasteiger partial charge in [-0.2, -0.15) is 0 Å². The number of nitrogens with zero attached hydrogens (tertiary/aromatic N) is 3. The fraction of sp³-hybridized carbons (Fsp3) is 0.440. The van der Waals surface area contributed by atoms with Crippen molar-refractivity contribution in [1.82, 2.24) is 14.5 Å². The second kappa shape index (κ2) is 9.96. The molecule has 2 heterocycles. The molecular weight excluding hydrogens is 390 g/mol. The van der Waals surface area contributed by atoms with Crippen LogP contribution < -0.4 is 15.0 Å². The Labute approximate surface area is 183 Å². The topological polar surface area (TPSA) is 56.6 Å². The first-order chi connectivity index (χ1) is 15.2. The van der Waals surface area contributed by atoms with Crippen LogP contribution in [-0.2, 0) is 6.42 Å². The average molecular weight is 422 g/mol. The molecule has 0 N–H and O–H groups in total. The van der Waals surface area contributed by atoms with Crippen LogP contribution in [0.5, 0.6) is 11.5 Å². The molecule has 6 nitrogen and oxygen atoms in total. The van der Waals surface area contributed by atoms with E-state index in [-0.39, 0.29) is 5.56 Å². The van der Waals surface area contributed by atoms with Gasteiger partial charge in [-0.05, 0) is 75.2 Å². The van der Waals surface area contributed by atoms with Gasteiger partial charge in [0.1, 0.15) is 22.7 Å². The first-order valence-electron chi connectivity index (χ1n) is 11.3. The highest BCUT2D eigenvalue weighted by molar-refractivity contribution is 5.84. The summed E-state index contributed by atoms with van der Waals surface area (Å²) in [5.74, 6) is 2.12. The van der Waals surface area contributed by atoms with Crippen molar-refractivity contribution >= 4 is 10.9 Å². The molecule has 0 aliphatic carbocycles. The number of aromatic nitrogens is 2. The lowest BCUT2D eigenvalue weighted by Crippen LogP contribution is -2.24. The van der Waals surface area contributed by atoms with E-state index in [0.717, 1.165) is 43.1 Å². The van der Waals surface area contributed by atoms with Crippen LogP contribution in [0.3, 0.4) is 0 Å². The van der Waals surface area contributed by atoms with Crippen LogP contribution in [0.4, 0.5) is 0 Å². The van der Waals surface area contributed by atoms with Crippen molar-refractivity contribution < 1.29 is 9.47 Å². The van der Waals surface area contributed by atoms with Gasteiger partial charge in [-0.1, -0.05) is 13.0 Å². The van der Waals surface area contributed by atoms with E-state index in [4.69, 9.17) is 14.5 Å². The Morgan fingerprint density at radius 1 is 1.06 bits per heavy atom. The largest absolute Gasteiger partial charge is 0.496 e. The highest BCUT2D eigenvalue weighted by Crippen LogP contribution is 2.23. The normalized spacial score (nSPS) is 14.3. The minimum absolute atomic E-state index is 0.106. The van der Waals surface area contributed by atoms with E-state index in [1.165, 1.54) is 25.9 Å². The van der Waals surface area contributed by atoms with Crippen LogP contribution in [0.1, 0.15) is 38.4 Å². The molecule has 1 fully saturated rings. The molecule has 4 rings (SSSR count). The number of ether oxygens (including phenoxy) is 2. The Morgan fingerprint density at radius 2 is 1.84 bits per heavy atom. The van der Waals surface area contributed by atoms with Gasteiger partial charge in [0, 0.05) is 13.0 Å². The molecule has 1 aromatic heterocycles. The molecule has 0 unspecified atom stereocenters. The van der Waals surface area contributed by atoms with Gasteiger partial charge in [0.15, 0.2) is 0 Å². The second-order valence-corrected chi connectivity index (χ2v) is 8.02. The molecule has 0 atom stereocenters. The lowest BCUT2D eigenvalue weighted by Gasteiger charge is -2.16. The molecule has 0 radical (unpaired) electrons. The molecule has 3 aromatic rings. The standard InChI is InChI=1S/C25H31N3O3/c1-3-8-23-26-21-9-6-10-22(30-2)24(21)25(29)28(23)19-11-13-20(14-12-19)31-18-7-17-27-15-4-5-16-27/h6,9-14H,3-5,7-8,15-18H2,1-2H3. The fourth-order valence-electron chi connectivity index (χ4n) is 4.25. The van der Waals surface area contributed by atoms with Crippen molar-refractivity contribution in [3.63, 3.8) is 0 Å². The van der Waals surface area contributed by atoms with Crippen molar-refractivity contribution in [3.05, 3.63) is 58.6 Å². The Kier molecular flexibility index (Phi) is 6.87. The van der Waals surface area contributed by atoms with Gasteiger partial charge in [-0.25, -0.2) is 4.98 Å². The van der Waals surface area contributed by atoms with E-state index in [1.807, 2.05) is 36.4 Å². The maximum Gasteiger partial charge on any atom is 0.269 e. The summed E-state index contributed by atoms with van der Waals surface area (Å²) in [7, 11) is 1.58. The number of benzene rings is 2. The SMILES string of the molecule is CCCc1nc2cccc(OC)c2c(=O)n1-c1ccc(OCCCN2CCCC2)cc1. The van der Waals surface area contributed by atoms with Gasteiger partial charge in [0.05, 0.1) is 24.9 Å². The van der Waals surface area contributed by atoms with E-state index in [0.29, 0.717) is 23.3 Å². The van der Waals surface area contributed by atoms with E-state index in [9.17, 15) is 4.79 Å².